The topological polar surface area (TPSA) is 84.9 Å². The van der Waals surface area contributed by atoms with Crippen LogP contribution in [0.3, 0.4) is 0 Å². The van der Waals surface area contributed by atoms with Crippen molar-refractivity contribution in [2.24, 2.45) is 0 Å². The molecule has 1 aliphatic rings. The minimum absolute atomic E-state index is 0.0937. The van der Waals surface area contributed by atoms with Gasteiger partial charge in [-0.25, -0.2) is 8.42 Å². The molecule has 1 N–H and O–H groups in total. The first kappa shape index (κ1) is 20.0. The van der Waals surface area contributed by atoms with E-state index < -0.39 is 10.0 Å². The molecule has 7 nitrogen and oxygen atoms in total. The van der Waals surface area contributed by atoms with Crippen LogP contribution in [0.15, 0.2) is 47.4 Å². The normalized spacial score (nSPS) is 14.4. The number of hydrogen-bond acceptors (Lipinski definition) is 5. The standard InChI is InChI=1S/C20H24N2O5S/c1-26-17-9-5-4-8-16(17)21-28(24,25)19-14-15(10-11-18(19)27-2)20(23)22-12-6-3-7-13-22/h4-5,8-11,14,21H,3,6-7,12-13H2,1-2H3. The summed E-state index contributed by atoms with van der Waals surface area (Å²) < 4.78 is 39.0. The Hall–Kier alpha value is -2.74. The van der Waals surface area contributed by atoms with Crippen molar-refractivity contribution in [1.82, 2.24) is 4.90 Å². The Labute approximate surface area is 165 Å². The van der Waals surface area contributed by atoms with Gasteiger partial charge in [0.05, 0.1) is 19.9 Å². The van der Waals surface area contributed by atoms with Gasteiger partial charge in [0.1, 0.15) is 16.4 Å². The van der Waals surface area contributed by atoms with Crippen molar-refractivity contribution in [2.75, 3.05) is 32.0 Å². The highest BCUT2D eigenvalue weighted by Gasteiger charge is 2.25. The van der Waals surface area contributed by atoms with Gasteiger partial charge in [-0.2, -0.15) is 0 Å². The van der Waals surface area contributed by atoms with Crippen LogP contribution in [0.5, 0.6) is 11.5 Å². The predicted octanol–water partition coefficient (Wildman–Crippen LogP) is 3.13. The first-order chi connectivity index (χ1) is 13.5. The fourth-order valence-electron chi connectivity index (χ4n) is 3.23. The number of nitrogens with zero attached hydrogens (tertiary/aromatic N) is 1. The van der Waals surface area contributed by atoms with Gasteiger partial charge in [0.2, 0.25) is 0 Å². The number of likely N-dealkylation sites (tertiary alicyclic amines) is 1. The Morgan fingerprint density at radius 1 is 0.964 bits per heavy atom. The van der Waals surface area contributed by atoms with E-state index >= 15 is 0 Å². The molecule has 2 aromatic rings. The molecule has 8 heteroatoms. The van der Waals surface area contributed by atoms with E-state index in [1.54, 1.807) is 35.2 Å². The maximum absolute atomic E-state index is 13.0. The molecule has 0 unspecified atom stereocenters. The molecule has 1 amide bonds. The van der Waals surface area contributed by atoms with Crippen molar-refractivity contribution in [3.05, 3.63) is 48.0 Å². The van der Waals surface area contributed by atoms with Gasteiger partial charge in [-0.15, -0.1) is 0 Å². The Kier molecular flexibility index (Phi) is 6.08. The average Bonchev–Trinajstić information content (AvgIpc) is 2.73. The van der Waals surface area contributed by atoms with Gasteiger partial charge < -0.3 is 14.4 Å². The number of carbonyl (C=O) groups excluding carboxylic acids is 1. The van der Waals surface area contributed by atoms with Crippen LogP contribution in [-0.4, -0.2) is 46.5 Å². The first-order valence-corrected chi connectivity index (χ1v) is 10.6. The van der Waals surface area contributed by atoms with Crippen molar-refractivity contribution < 1.29 is 22.7 Å². The lowest BCUT2D eigenvalue weighted by molar-refractivity contribution is 0.0724. The summed E-state index contributed by atoms with van der Waals surface area (Å²) >= 11 is 0. The van der Waals surface area contributed by atoms with E-state index in [0.717, 1.165) is 19.3 Å². The van der Waals surface area contributed by atoms with E-state index in [1.165, 1.54) is 26.4 Å². The van der Waals surface area contributed by atoms with Crippen molar-refractivity contribution in [1.29, 1.82) is 0 Å². The lowest BCUT2D eigenvalue weighted by Crippen LogP contribution is -2.35. The van der Waals surface area contributed by atoms with Gasteiger partial charge in [-0.1, -0.05) is 12.1 Å². The predicted molar refractivity (Wildman–Crippen MR) is 107 cm³/mol. The van der Waals surface area contributed by atoms with E-state index in [4.69, 9.17) is 9.47 Å². The molecule has 1 fully saturated rings. The Morgan fingerprint density at radius 2 is 1.64 bits per heavy atom. The molecule has 0 bridgehead atoms. The molecule has 1 heterocycles. The van der Waals surface area contributed by atoms with Gasteiger partial charge in [0, 0.05) is 18.7 Å². The number of rotatable bonds is 6. The van der Waals surface area contributed by atoms with E-state index in [2.05, 4.69) is 4.72 Å². The lowest BCUT2D eigenvalue weighted by Gasteiger charge is -2.27. The average molecular weight is 404 g/mol. The maximum atomic E-state index is 13.0. The van der Waals surface area contributed by atoms with Crippen LogP contribution in [0.1, 0.15) is 29.6 Å². The highest BCUT2D eigenvalue weighted by Crippen LogP contribution is 2.31. The fraction of sp³-hybridized carbons (Fsp3) is 0.350. The van der Waals surface area contributed by atoms with Crippen LogP contribution in [0.2, 0.25) is 0 Å². The molecular weight excluding hydrogens is 380 g/mol. The van der Waals surface area contributed by atoms with E-state index in [9.17, 15) is 13.2 Å². The summed E-state index contributed by atoms with van der Waals surface area (Å²) in [4.78, 5) is 14.5. The number of benzene rings is 2. The summed E-state index contributed by atoms with van der Waals surface area (Å²) in [5.74, 6) is 0.388. The Balaban J connectivity index is 1.95. The van der Waals surface area contributed by atoms with Gasteiger partial charge >= 0.3 is 0 Å². The van der Waals surface area contributed by atoms with Gasteiger partial charge in [-0.3, -0.25) is 9.52 Å². The lowest BCUT2D eigenvalue weighted by atomic mass is 10.1. The Bertz CT molecular complexity index is 953. The van der Waals surface area contributed by atoms with Crippen LogP contribution in [0, 0.1) is 0 Å². The zero-order valence-electron chi connectivity index (χ0n) is 16.0. The molecule has 0 radical (unpaired) electrons. The fourth-order valence-corrected chi connectivity index (χ4v) is 4.49. The van der Waals surface area contributed by atoms with Crippen molar-refractivity contribution in [2.45, 2.75) is 24.2 Å². The summed E-state index contributed by atoms with van der Waals surface area (Å²) in [6.45, 7) is 1.37. The Morgan fingerprint density at radius 3 is 2.32 bits per heavy atom. The maximum Gasteiger partial charge on any atom is 0.265 e. The monoisotopic (exact) mass is 404 g/mol. The van der Waals surface area contributed by atoms with Crippen LogP contribution in [0.4, 0.5) is 5.69 Å². The van der Waals surface area contributed by atoms with Crippen LogP contribution >= 0.6 is 0 Å². The molecule has 0 atom stereocenters. The third kappa shape index (κ3) is 4.22. The number of piperidine rings is 1. The van der Waals surface area contributed by atoms with Crippen LogP contribution in [0.25, 0.3) is 0 Å². The van der Waals surface area contributed by atoms with Crippen LogP contribution < -0.4 is 14.2 Å². The summed E-state index contributed by atoms with van der Waals surface area (Å²) in [6, 6.07) is 11.2. The molecule has 1 aliphatic heterocycles. The number of sulfonamides is 1. The summed E-state index contributed by atoms with van der Waals surface area (Å²) in [6.07, 6.45) is 3.03. The summed E-state index contributed by atoms with van der Waals surface area (Å²) in [5.41, 5.74) is 0.628. The van der Waals surface area contributed by atoms with E-state index in [-0.39, 0.29) is 16.6 Å². The van der Waals surface area contributed by atoms with Crippen molar-refractivity contribution in [3.63, 3.8) is 0 Å². The quantitative estimate of drug-likeness (QED) is 0.800. The molecule has 28 heavy (non-hydrogen) atoms. The second kappa shape index (κ2) is 8.52. The number of para-hydroxylation sites is 2. The third-order valence-electron chi connectivity index (χ3n) is 4.69. The SMILES string of the molecule is COc1ccccc1NS(=O)(=O)c1cc(C(=O)N2CCCCC2)ccc1OC. The van der Waals surface area contributed by atoms with E-state index in [0.29, 0.717) is 30.1 Å². The number of carbonyl (C=O) groups is 1. The zero-order chi connectivity index (χ0) is 20.1. The second-order valence-electron chi connectivity index (χ2n) is 6.52. The second-order valence-corrected chi connectivity index (χ2v) is 8.18. The number of hydrogen-bond donors (Lipinski definition) is 1. The molecular formula is C20H24N2O5S. The molecule has 3 rings (SSSR count). The molecule has 1 saturated heterocycles. The van der Waals surface area contributed by atoms with E-state index in [1.807, 2.05) is 0 Å². The van der Waals surface area contributed by atoms with Gasteiger partial charge in [0.15, 0.2) is 0 Å². The van der Waals surface area contributed by atoms with Crippen molar-refractivity contribution >= 4 is 21.6 Å². The molecule has 2 aromatic carbocycles. The number of ether oxygens (including phenoxy) is 2. The zero-order valence-corrected chi connectivity index (χ0v) is 16.8. The highest BCUT2D eigenvalue weighted by atomic mass is 32.2. The molecule has 0 aliphatic carbocycles. The summed E-state index contributed by atoms with van der Waals surface area (Å²) in [7, 11) is -1.14. The summed E-state index contributed by atoms with van der Waals surface area (Å²) in [5, 5.41) is 0. The van der Waals surface area contributed by atoms with Gasteiger partial charge in [0.25, 0.3) is 15.9 Å². The number of methoxy groups -OCH3 is 2. The number of nitrogens with one attached hydrogen (secondary N) is 1. The third-order valence-corrected chi connectivity index (χ3v) is 6.08. The minimum Gasteiger partial charge on any atom is -0.495 e. The largest absolute Gasteiger partial charge is 0.495 e. The minimum atomic E-state index is -4.00. The number of anilines is 1. The molecule has 0 saturated carbocycles. The molecule has 0 spiro atoms. The van der Waals surface area contributed by atoms with Gasteiger partial charge in [-0.05, 0) is 49.6 Å². The van der Waals surface area contributed by atoms with Crippen molar-refractivity contribution in [3.8, 4) is 11.5 Å². The number of amides is 1. The first-order valence-electron chi connectivity index (χ1n) is 9.09. The van der Waals surface area contributed by atoms with Crippen LogP contribution in [-0.2, 0) is 10.0 Å². The molecule has 150 valence electrons. The molecule has 0 aromatic heterocycles. The smallest absolute Gasteiger partial charge is 0.265 e. The highest BCUT2D eigenvalue weighted by molar-refractivity contribution is 7.92.